The van der Waals surface area contributed by atoms with Crippen LogP contribution in [0.3, 0.4) is 0 Å². The molecule has 1 fully saturated rings. The van der Waals surface area contributed by atoms with Gasteiger partial charge in [-0.05, 0) is 33.8 Å². The summed E-state index contributed by atoms with van der Waals surface area (Å²) in [6.07, 6.45) is 4.34. The summed E-state index contributed by atoms with van der Waals surface area (Å²) in [6.45, 7) is 9.01. The van der Waals surface area contributed by atoms with Gasteiger partial charge in [0.1, 0.15) is 18.3 Å². The van der Waals surface area contributed by atoms with Crippen molar-refractivity contribution in [3.8, 4) is 17.1 Å². The van der Waals surface area contributed by atoms with Crippen LogP contribution in [0, 0.1) is 6.92 Å². The van der Waals surface area contributed by atoms with E-state index in [1.807, 2.05) is 40.8 Å². The minimum absolute atomic E-state index is 0.216. The van der Waals surface area contributed by atoms with Gasteiger partial charge in [-0.25, -0.2) is 14.8 Å². The van der Waals surface area contributed by atoms with Crippen LogP contribution < -0.4 is 4.74 Å². The van der Waals surface area contributed by atoms with E-state index in [0.717, 1.165) is 11.3 Å². The average Bonchev–Trinajstić information content (AvgIpc) is 3.09. The molecular formula is C22H28N6O4. The molecule has 0 aliphatic carbocycles. The zero-order valence-corrected chi connectivity index (χ0v) is 19.0. The molecule has 0 N–H and O–H groups in total. The number of carbonyl (C=O) groups excluding carboxylic acids is 1. The van der Waals surface area contributed by atoms with Gasteiger partial charge >= 0.3 is 6.09 Å². The first kappa shape index (κ1) is 21.9. The number of hydrogen-bond acceptors (Lipinski definition) is 8. The number of aromatic nitrogens is 5. The standard InChI is InChI=1S/C22H28N6O4/c1-14-16(11-25-27(14)5)17-10-18-19(24-7-6-23-18)20(26-17)31-13-15-12-28(8-9-30-15)21(29)32-22(2,3)4/h6-7,10-11,15H,8-9,12-13H2,1-5H3/t15-/m0/s1. The predicted molar refractivity (Wildman–Crippen MR) is 117 cm³/mol. The fraction of sp³-hybridized carbons (Fsp3) is 0.500. The Kier molecular flexibility index (Phi) is 5.96. The summed E-state index contributed by atoms with van der Waals surface area (Å²) in [6, 6.07) is 1.88. The Morgan fingerprint density at radius 2 is 2.06 bits per heavy atom. The highest BCUT2D eigenvalue weighted by Crippen LogP contribution is 2.28. The summed E-state index contributed by atoms with van der Waals surface area (Å²) < 4.78 is 19.1. The molecule has 0 bridgehead atoms. The van der Waals surface area contributed by atoms with E-state index >= 15 is 0 Å². The molecule has 10 heteroatoms. The number of hydrogen-bond donors (Lipinski definition) is 0. The number of rotatable bonds is 4. The van der Waals surface area contributed by atoms with Crippen LogP contribution in [-0.2, 0) is 16.5 Å². The second kappa shape index (κ2) is 8.70. The molecular weight excluding hydrogens is 412 g/mol. The number of amides is 1. The average molecular weight is 441 g/mol. The molecule has 0 saturated carbocycles. The lowest BCUT2D eigenvalue weighted by molar-refractivity contribution is -0.0559. The van der Waals surface area contributed by atoms with Gasteiger partial charge < -0.3 is 19.1 Å². The Bertz CT molecular complexity index is 1120. The van der Waals surface area contributed by atoms with E-state index in [-0.39, 0.29) is 18.8 Å². The van der Waals surface area contributed by atoms with E-state index in [1.54, 1.807) is 28.2 Å². The number of carbonyl (C=O) groups is 1. The van der Waals surface area contributed by atoms with Crippen molar-refractivity contribution in [2.75, 3.05) is 26.3 Å². The van der Waals surface area contributed by atoms with Crippen molar-refractivity contribution in [1.82, 2.24) is 29.6 Å². The van der Waals surface area contributed by atoms with E-state index in [2.05, 4.69) is 15.1 Å². The fourth-order valence-corrected chi connectivity index (χ4v) is 3.42. The highest BCUT2D eigenvalue weighted by Gasteiger charge is 2.29. The molecule has 170 valence electrons. The van der Waals surface area contributed by atoms with Crippen molar-refractivity contribution >= 4 is 17.1 Å². The van der Waals surface area contributed by atoms with E-state index in [4.69, 9.17) is 19.2 Å². The smallest absolute Gasteiger partial charge is 0.410 e. The maximum Gasteiger partial charge on any atom is 0.410 e. The van der Waals surface area contributed by atoms with Crippen LogP contribution in [-0.4, -0.2) is 73.7 Å². The number of pyridine rings is 1. The van der Waals surface area contributed by atoms with Gasteiger partial charge in [0, 0.05) is 37.2 Å². The Balaban J connectivity index is 1.53. The van der Waals surface area contributed by atoms with Gasteiger partial charge in [0.2, 0.25) is 5.88 Å². The molecule has 1 saturated heterocycles. The quantitative estimate of drug-likeness (QED) is 0.610. The molecule has 1 aliphatic rings. The molecule has 1 atom stereocenters. The zero-order valence-electron chi connectivity index (χ0n) is 19.0. The topological polar surface area (TPSA) is 104 Å². The van der Waals surface area contributed by atoms with E-state index in [0.29, 0.717) is 42.3 Å². The van der Waals surface area contributed by atoms with Crippen LogP contribution in [0.1, 0.15) is 26.5 Å². The van der Waals surface area contributed by atoms with Crippen LogP contribution in [0.4, 0.5) is 4.79 Å². The van der Waals surface area contributed by atoms with Gasteiger partial charge in [-0.15, -0.1) is 0 Å². The van der Waals surface area contributed by atoms with Gasteiger partial charge in [0.15, 0.2) is 5.52 Å². The highest BCUT2D eigenvalue weighted by molar-refractivity contribution is 5.83. The predicted octanol–water partition coefficient (Wildman–Crippen LogP) is 2.75. The maximum absolute atomic E-state index is 12.4. The molecule has 1 amide bonds. The first-order valence-corrected chi connectivity index (χ1v) is 10.5. The Morgan fingerprint density at radius 3 is 2.78 bits per heavy atom. The minimum atomic E-state index is -0.548. The number of ether oxygens (including phenoxy) is 3. The molecule has 4 rings (SSSR count). The molecule has 3 aromatic heterocycles. The van der Waals surface area contributed by atoms with Gasteiger partial charge in [-0.2, -0.15) is 5.10 Å². The van der Waals surface area contributed by atoms with Crippen LogP contribution in [0.25, 0.3) is 22.3 Å². The summed E-state index contributed by atoms with van der Waals surface area (Å²) in [7, 11) is 1.88. The largest absolute Gasteiger partial charge is 0.473 e. The summed E-state index contributed by atoms with van der Waals surface area (Å²) in [5.41, 5.74) is 3.28. The lowest BCUT2D eigenvalue weighted by atomic mass is 10.1. The van der Waals surface area contributed by atoms with Crippen molar-refractivity contribution in [3.05, 3.63) is 30.4 Å². The molecule has 0 aromatic carbocycles. The molecule has 1 aliphatic heterocycles. The van der Waals surface area contributed by atoms with E-state index in [1.165, 1.54) is 0 Å². The molecule has 0 radical (unpaired) electrons. The van der Waals surface area contributed by atoms with E-state index in [9.17, 15) is 4.79 Å². The maximum atomic E-state index is 12.4. The Morgan fingerprint density at radius 1 is 1.28 bits per heavy atom. The molecule has 0 unspecified atom stereocenters. The summed E-state index contributed by atoms with van der Waals surface area (Å²) in [4.78, 5) is 27.6. The van der Waals surface area contributed by atoms with Gasteiger partial charge in [-0.1, -0.05) is 0 Å². The fourth-order valence-electron chi connectivity index (χ4n) is 3.42. The summed E-state index contributed by atoms with van der Waals surface area (Å²) in [5, 5.41) is 4.30. The van der Waals surface area contributed by atoms with Crippen molar-refractivity contribution in [3.63, 3.8) is 0 Å². The highest BCUT2D eigenvalue weighted by atomic mass is 16.6. The first-order chi connectivity index (χ1) is 15.2. The SMILES string of the molecule is Cc1c(-c2cc3nccnc3c(OC[C@@H]3CN(C(=O)OC(C)(C)C)CCO3)n2)cnn1C. The minimum Gasteiger partial charge on any atom is -0.473 e. The van der Waals surface area contributed by atoms with Gasteiger partial charge in [0.05, 0.1) is 30.6 Å². The third kappa shape index (κ3) is 4.80. The molecule has 3 aromatic rings. The first-order valence-electron chi connectivity index (χ1n) is 10.5. The third-order valence-electron chi connectivity index (χ3n) is 5.13. The molecule has 10 nitrogen and oxygen atoms in total. The number of nitrogens with zero attached hydrogens (tertiary/aromatic N) is 6. The molecule has 4 heterocycles. The Labute approximate surface area is 186 Å². The van der Waals surface area contributed by atoms with Crippen LogP contribution >= 0.6 is 0 Å². The van der Waals surface area contributed by atoms with Crippen molar-refractivity contribution in [2.45, 2.75) is 39.4 Å². The number of aryl methyl sites for hydroxylation is 1. The van der Waals surface area contributed by atoms with Crippen molar-refractivity contribution in [2.24, 2.45) is 7.05 Å². The van der Waals surface area contributed by atoms with Gasteiger partial charge in [0.25, 0.3) is 0 Å². The number of morpholine rings is 1. The van der Waals surface area contributed by atoms with Crippen LogP contribution in [0.15, 0.2) is 24.7 Å². The lowest BCUT2D eigenvalue weighted by Gasteiger charge is -2.34. The van der Waals surface area contributed by atoms with Crippen LogP contribution in [0.5, 0.6) is 5.88 Å². The van der Waals surface area contributed by atoms with Gasteiger partial charge in [-0.3, -0.25) is 9.67 Å². The second-order valence-corrected chi connectivity index (χ2v) is 8.73. The van der Waals surface area contributed by atoms with E-state index < -0.39 is 5.60 Å². The summed E-state index contributed by atoms with van der Waals surface area (Å²) >= 11 is 0. The monoisotopic (exact) mass is 440 g/mol. The second-order valence-electron chi connectivity index (χ2n) is 8.73. The van der Waals surface area contributed by atoms with Crippen molar-refractivity contribution in [1.29, 1.82) is 0 Å². The normalized spacial score (nSPS) is 16.9. The lowest BCUT2D eigenvalue weighted by Crippen LogP contribution is -2.49. The number of fused-ring (bicyclic) bond motifs is 1. The third-order valence-corrected chi connectivity index (χ3v) is 5.13. The molecule has 32 heavy (non-hydrogen) atoms. The van der Waals surface area contributed by atoms with Crippen molar-refractivity contribution < 1.29 is 19.0 Å². The zero-order chi connectivity index (χ0) is 22.9. The summed E-state index contributed by atoms with van der Waals surface area (Å²) in [5.74, 6) is 0.367. The Hall–Kier alpha value is -3.27. The molecule has 0 spiro atoms. The van der Waals surface area contributed by atoms with Crippen LogP contribution in [0.2, 0.25) is 0 Å².